The molecule has 4 nitrogen and oxygen atoms in total. The van der Waals surface area contributed by atoms with Gasteiger partial charge in [-0.15, -0.1) is 0 Å². The highest BCUT2D eigenvalue weighted by Crippen LogP contribution is 2.37. The summed E-state index contributed by atoms with van der Waals surface area (Å²) < 4.78 is 0. The van der Waals surface area contributed by atoms with Gasteiger partial charge >= 0.3 is 5.97 Å². The lowest BCUT2D eigenvalue weighted by molar-refractivity contribution is -0.155. The molecule has 0 aliphatic heterocycles. The minimum Gasteiger partial charge on any atom is -0.479 e. The van der Waals surface area contributed by atoms with Gasteiger partial charge in [0.15, 0.2) is 5.54 Å². The van der Waals surface area contributed by atoms with E-state index in [1.807, 2.05) is 31.2 Å². The van der Waals surface area contributed by atoms with Crippen LogP contribution >= 0.6 is 0 Å². The average Bonchev–Trinajstić information content (AvgIpc) is 3.23. The number of carboxylic acid groups (broad SMARTS) is 1. The summed E-state index contributed by atoms with van der Waals surface area (Å²) in [5.41, 5.74) is 0.520. The standard InChI is InChI=1S/C15H19NO3/c1-3-11-4-6-12(7-5-11)15(2,14(18)19)16(10-17)13-8-9-13/h4-7,10,13H,3,8-9H2,1-2H3,(H,18,19). The molecule has 1 fully saturated rings. The second kappa shape index (κ2) is 5.03. The monoisotopic (exact) mass is 261 g/mol. The summed E-state index contributed by atoms with van der Waals surface area (Å²) in [6, 6.07) is 7.53. The van der Waals surface area contributed by atoms with Crippen LogP contribution in [-0.4, -0.2) is 28.4 Å². The molecule has 0 heterocycles. The summed E-state index contributed by atoms with van der Waals surface area (Å²) in [5, 5.41) is 9.59. The molecule has 0 radical (unpaired) electrons. The number of carbonyl (C=O) groups excluding carboxylic acids is 1. The third-order valence-corrected chi connectivity index (χ3v) is 3.91. The second-order valence-corrected chi connectivity index (χ2v) is 5.17. The normalized spacial score (nSPS) is 17.6. The molecule has 4 heteroatoms. The molecule has 0 aromatic heterocycles. The molecule has 2 rings (SSSR count). The summed E-state index contributed by atoms with van der Waals surface area (Å²) in [6.45, 7) is 3.65. The smallest absolute Gasteiger partial charge is 0.334 e. The molecule has 102 valence electrons. The van der Waals surface area contributed by atoms with E-state index in [1.165, 1.54) is 4.90 Å². The minimum absolute atomic E-state index is 0.0597. The maximum atomic E-state index is 11.7. The molecule has 1 aliphatic carbocycles. The molecule has 1 unspecified atom stereocenters. The van der Waals surface area contributed by atoms with Crippen LogP contribution in [0.2, 0.25) is 0 Å². The number of carboxylic acids is 1. The number of rotatable bonds is 6. The molecule has 1 aromatic rings. The molecule has 0 saturated heterocycles. The van der Waals surface area contributed by atoms with Gasteiger partial charge in [-0.1, -0.05) is 31.2 Å². The lowest BCUT2D eigenvalue weighted by Crippen LogP contribution is -2.50. The maximum absolute atomic E-state index is 11.7. The Morgan fingerprint density at radius 1 is 1.42 bits per heavy atom. The van der Waals surface area contributed by atoms with Gasteiger partial charge in [0.05, 0.1) is 0 Å². The summed E-state index contributed by atoms with van der Waals surface area (Å²) >= 11 is 0. The number of carbonyl (C=O) groups is 2. The fraction of sp³-hybridized carbons (Fsp3) is 0.467. The van der Waals surface area contributed by atoms with Crippen LogP contribution in [0.4, 0.5) is 0 Å². The van der Waals surface area contributed by atoms with Crippen molar-refractivity contribution in [1.82, 2.24) is 4.90 Å². The minimum atomic E-state index is -1.28. The van der Waals surface area contributed by atoms with Crippen molar-refractivity contribution >= 4 is 12.4 Å². The van der Waals surface area contributed by atoms with Gasteiger partial charge in [0, 0.05) is 6.04 Å². The Hall–Kier alpha value is -1.84. The fourth-order valence-corrected chi connectivity index (χ4v) is 2.36. The van der Waals surface area contributed by atoms with Crippen LogP contribution < -0.4 is 0 Å². The molecule has 0 spiro atoms. The van der Waals surface area contributed by atoms with Gasteiger partial charge in [-0.25, -0.2) is 4.79 Å². The average molecular weight is 261 g/mol. The number of hydrogen-bond acceptors (Lipinski definition) is 2. The topological polar surface area (TPSA) is 57.6 Å². The summed E-state index contributed by atoms with van der Waals surface area (Å²) in [7, 11) is 0. The van der Waals surface area contributed by atoms with E-state index in [0.717, 1.165) is 24.8 Å². The zero-order valence-electron chi connectivity index (χ0n) is 11.3. The van der Waals surface area contributed by atoms with Crippen molar-refractivity contribution in [2.24, 2.45) is 0 Å². The first-order valence-corrected chi connectivity index (χ1v) is 6.60. The Kier molecular flexibility index (Phi) is 3.60. The first-order valence-electron chi connectivity index (χ1n) is 6.60. The van der Waals surface area contributed by atoms with Crippen LogP contribution in [0.15, 0.2) is 24.3 Å². The molecule has 0 bridgehead atoms. The Balaban J connectivity index is 2.41. The quantitative estimate of drug-likeness (QED) is 0.798. The number of aliphatic carboxylic acids is 1. The second-order valence-electron chi connectivity index (χ2n) is 5.17. The molecule has 1 aromatic carbocycles. The van der Waals surface area contributed by atoms with E-state index >= 15 is 0 Å². The largest absolute Gasteiger partial charge is 0.479 e. The van der Waals surface area contributed by atoms with Gasteiger partial charge < -0.3 is 10.0 Å². The number of nitrogens with zero attached hydrogens (tertiary/aromatic N) is 1. The van der Waals surface area contributed by atoms with Crippen molar-refractivity contribution in [2.75, 3.05) is 0 Å². The van der Waals surface area contributed by atoms with Crippen molar-refractivity contribution in [1.29, 1.82) is 0 Å². The van der Waals surface area contributed by atoms with E-state index in [2.05, 4.69) is 0 Å². The number of benzene rings is 1. The van der Waals surface area contributed by atoms with Gasteiger partial charge in [-0.05, 0) is 37.3 Å². The fourth-order valence-electron chi connectivity index (χ4n) is 2.36. The zero-order valence-corrected chi connectivity index (χ0v) is 11.3. The summed E-state index contributed by atoms with van der Waals surface area (Å²) in [5.74, 6) is -0.990. The molecule has 1 N–H and O–H groups in total. The van der Waals surface area contributed by atoms with Crippen LogP contribution in [0.1, 0.15) is 37.8 Å². The molecule has 19 heavy (non-hydrogen) atoms. The third-order valence-electron chi connectivity index (χ3n) is 3.91. The molecule has 1 atom stereocenters. The predicted octanol–water partition coefficient (Wildman–Crippen LogP) is 2.17. The van der Waals surface area contributed by atoms with Crippen molar-refractivity contribution in [2.45, 2.75) is 44.7 Å². The van der Waals surface area contributed by atoms with E-state index in [4.69, 9.17) is 0 Å². The lowest BCUT2D eigenvalue weighted by atomic mass is 9.89. The number of amides is 1. The van der Waals surface area contributed by atoms with E-state index in [0.29, 0.717) is 12.0 Å². The maximum Gasteiger partial charge on any atom is 0.334 e. The van der Waals surface area contributed by atoms with Crippen LogP contribution in [-0.2, 0) is 21.5 Å². The van der Waals surface area contributed by atoms with E-state index in [1.54, 1.807) is 6.92 Å². The van der Waals surface area contributed by atoms with Gasteiger partial charge in [-0.2, -0.15) is 0 Å². The number of hydrogen-bond donors (Lipinski definition) is 1. The third kappa shape index (κ3) is 2.35. The first-order chi connectivity index (χ1) is 9.03. The SMILES string of the molecule is CCc1ccc(C(C)(C(=O)O)N(C=O)C2CC2)cc1. The van der Waals surface area contributed by atoms with Gasteiger partial charge in [-0.3, -0.25) is 4.79 Å². The van der Waals surface area contributed by atoms with E-state index < -0.39 is 11.5 Å². The molecular formula is C15H19NO3. The summed E-state index contributed by atoms with van der Waals surface area (Å²) in [6.07, 6.45) is 3.34. The van der Waals surface area contributed by atoms with Crippen molar-refractivity contribution in [3.63, 3.8) is 0 Å². The Labute approximate surface area is 113 Å². The highest BCUT2D eigenvalue weighted by atomic mass is 16.4. The van der Waals surface area contributed by atoms with Crippen molar-refractivity contribution in [3.8, 4) is 0 Å². The number of aryl methyl sites for hydroxylation is 1. The van der Waals surface area contributed by atoms with Crippen LogP contribution in [0.25, 0.3) is 0 Å². The molecule has 1 saturated carbocycles. The molecule has 1 aliphatic rings. The Morgan fingerprint density at radius 2 is 2.00 bits per heavy atom. The van der Waals surface area contributed by atoms with Crippen LogP contribution in [0.3, 0.4) is 0 Å². The van der Waals surface area contributed by atoms with Gasteiger partial charge in [0.25, 0.3) is 0 Å². The van der Waals surface area contributed by atoms with E-state index in [9.17, 15) is 14.7 Å². The predicted molar refractivity (Wildman–Crippen MR) is 71.7 cm³/mol. The first kappa shape index (κ1) is 13.6. The Morgan fingerprint density at radius 3 is 2.37 bits per heavy atom. The van der Waals surface area contributed by atoms with Crippen molar-refractivity contribution < 1.29 is 14.7 Å². The van der Waals surface area contributed by atoms with Gasteiger partial charge in [0.1, 0.15) is 0 Å². The molecule has 1 amide bonds. The van der Waals surface area contributed by atoms with Crippen molar-refractivity contribution in [3.05, 3.63) is 35.4 Å². The highest BCUT2D eigenvalue weighted by Gasteiger charge is 2.47. The van der Waals surface area contributed by atoms with Gasteiger partial charge in [0.2, 0.25) is 6.41 Å². The highest BCUT2D eigenvalue weighted by molar-refractivity contribution is 5.83. The van der Waals surface area contributed by atoms with Crippen LogP contribution in [0, 0.1) is 0 Å². The lowest BCUT2D eigenvalue weighted by Gasteiger charge is -2.36. The Bertz CT molecular complexity index is 479. The van der Waals surface area contributed by atoms with Crippen LogP contribution in [0.5, 0.6) is 0 Å². The zero-order chi connectivity index (χ0) is 14.0. The summed E-state index contributed by atoms with van der Waals surface area (Å²) in [4.78, 5) is 24.4. The molecular weight excluding hydrogens is 242 g/mol. The van der Waals surface area contributed by atoms with E-state index in [-0.39, 0.29) is 6.04 Å².